The van der Waals surface area contributed by atoms with Crippen LogP contribution in [-0.4, -0.2) is 17.6 Å². The molecule has 4 heteroatoms. The van der Waals surface area contributed by atoms with Gasteiger partial charge >= 0.3 is 0 Å². The van der Waals surface area contributed by atoms with Gasteiger partial charge in [0, 0.05) is 23.3 Å². The first kappa shape index (κ1) is 9.46. The molecule has 1 aliphatic carbocycles. The first-order valence-electron chi connectivity index (χ1n) is 5.41. The van der Waals surface area contributed by atoms with Crippen LogP contribution in [0, 0.1) is 5.92 Å². The first-order chi connectivity index (χ1) is 7.24. The van der Waals surface area contributed by atoms with Crippen LogP contribution in [0.1, 0.15) is 19.3 Å². The molecule has 2 fully saturated rings. The van der Waals surface area contributed by atoms with E-state index in [0.717, 1.165) is 28.4 Å². The predicted molar refractivity (Wildman–Crippen MR) is 64.8 cm³/mol. The van der Waals surface area contributed by atoms with Gasteiger partial charge < -0.3 is 10.6 Å². The number of rotatable bonds is 1. The Bertz CT molecular complexity index is 393. The summed E-state index contributed by atoms with van der Waals surface area (Å²) in [7, 11) is 0. The number of anilines is 2. The molecule has 80 valence electrons. The van der Waals surface area contributed by atoms with Crippen LogP contribution in [-0.2, 0) is 0 Å². The van der Waals surface area contributed by atoms with E-state index in [1.165, 1.54) is 19.3 Å². The Balaban J connectivity index is 1.93. The summed E-state index contributed by atoms with van der Waals surface area (Å²) in [6.45, 7) is 1.14. The Kier molecular flexibility index (Phi) is 2.12. The maximum Gasteiger partial charge on any atom is 0.152 e. The summed E-state index contributed by atoms with van der Waals surface area (Å²) in [6.07, 6.45) is 5.86. The number of fused-ring (bicyclic) bond motifs is 2. The van der Waals surface area contributed by atoms with Crippen LogP contribution in [0.5, 0.6) is 0 Å². The van der Waals surface area contributed by atoms with Crippen molar-refractivity contribution in [1.82, 2.24) is 4.98 Å². The second kappa shape index (κ2) is 3.37. The number of halogens is 1. The lowest BCUT2D eigenvalue weighted by molar-refractivity contribution is 0.551. The molecule has 0 aromatic carbocycles. The standard InChI is InChI=1S/C11H14BrN3/c12-8-4-10(13)11(14-5-8)15-6-7-1-2-9(15)3-7/h4-5,7,9H,1-3,6,13H2. The van der Waals surface area contributed by atoms with E-state index in [1.807, 2.05) is 12.3 Å². The summed E-state index contributed by atoms with van der Waals surface area (Å²) in [5.41, 5.74) is 6.79. The van der Waals surface area contributed by atoms with Crippen LogP contribution in [0.3, 0.4) is 0 Å². The van der Waals surface area contributed by atoms with Crippen molar-refractivity contribution < 1.29 is 0 Å². The highest BCUT2D eigenvalue weighted by Crippen LogP contribution is 2.41. The summed E-state index contributed by atoms with van der Waals surface area (Å²) in [4.78, 5) is 6.82. The Morgan fingerprint density at radius 3 is 2.93 bits per heavy atom. The average molecular weight is 268 g/mol. The fraction of sp³-hybridized carbons (Fsp3) is 0.545. The highest BCUT2D eigenvalue weighted by Gasteiger charge is 2.38. The maximum absolute atomic E-state index is 6.00. The molecular weight excluding hydrogens is 254 g/mol. The minimum absolute atomic E-state index is 0.686. The first-order valence-corrected chi connectivity index (χ1v) is 6.21. The third-order valence-electron chi connectivity index (χ3n) is 3.54. The van der Waals surface area contributed by atoms with Crippen molar-refractivity contribution in [2.45, 2.75) is 25.3 Å². The zero-order valence-electron chi connectivity index (χ0n) is 8.49. The van der Waals surface area contributed by atoms with Crippen LogP contribution in [0.2, 0.25) is 0 Å². The summed E-state index contributed by atoms with van der Waals surface area (Å²) in [6, 6.07) is 2.62. The summed E-state index contributed by atoms with van der Waals surface area (Å²) in [5, 5.41) is 0. The number of nitrogens with two attached hydrogens (primary N) is 1. The fourth-order valence-electron chi connectivity index (χ4n) is 2.87. The molecule has 1 saturated carbocycles. The molecule has 2 aliphatic rings. The number of hydrogen-bond donors (Lipinski definition) is 1. The van der Waals surface area contributed by atoms with Gasteiger partial charge in [0.25, 0.3) is 0 Å². The quantitative estimate of drug-likeness (QED) is 0.850. The SMILES string of the molecule is Nc1cc(Br)cnc1N1CC2CCC1C2. The predicted octanol–water partition coefficient (Wildman–Crippen LogP) is 2.42. The van der Waals surface area contributed by atoms with Gasteiger partial charge in [-0.1, -0.05) is 0 Å². The molecule has 2 unspecified atom stereocenters. The summed E-state index contributed by atoms with van der Waals surface area (Å²) < 4.78 is 0.952. The van der Waals surface area contributed by atoms with Crippen molar-refractivity contribution in [2.75, 3.05) is 17.2 Å². The van der Waals surface area contributed by atoms with Crippen molar-refractivity contribution >= 4 is 27.4 Å². The number of piperidine rings is 1. The van der Waals surface area contributed by atoms with Gasteiger partial charge in [0.1, 0.15) is 0 Å². The molecule has 2 N–H and O–H groups in total. The number of hydrogen-bond acceptors (Lipinski definition) is 3. The molecule has 1 aromatic rings. The second-order valence-electron chi connectivity index (χ2n) is 4.55. The second-order valence-corrected chi connectivity index (χ2v) is 5.47. The van der Waals surface area contributed by atoms with Gasteiger partial charge in [-0.3, -0.25) is 0 Å². The van der Waals surface area contributed by atoms with E-state index in [1.54, 1.807) is 0 Å². The number of aromatic nitrogens is 1. The lowest BCUT2D eigenvalue weighted by Gasteiger charge is -2.28. The van der Waals surface area contributed by atoms with Crippen LogP contribution in [0.15, 0.2) is 16.7 Å². The van der Waals surface area contributed by atoms with E-state index in [4.69, 9.17) is 5.73 Å². The molecule has 0 radical (unpaired) electrons. The minimum Gasteiger partial charge on any atom is -0.396 e. The highest BCUT2D eigenvalue weighted by molar-refractivity contribution is 9.10. The molecule has 1 saturated heterocycles. The van der Waals surface area contributed by atoms with Gasteiger partial charge in [0.2, 0.25) is 0 Å². The Morgan fingerprint density at radius 2 is 2.33 bits per heavy atom. The van der Waals surface area contributed by atoms with Gasteiger partial charge in [-0.2, -0.15) is 0 Å². The van der Waals surface area contributed by atoms with Crippen LogP contribution in [0.25, 0.3) is 0 Å². The third kappa shape index (κ3) is 1.51. The van der Waals surface area contributed by atoms with Crippen molar-refractivity contribution in [3.8, 4) is 0 Å². The zero-order chi connectivity index (χ0) is 10.4. The fourth-order valence-corrected chi connectivity index (χ4v) is 3.22. The topological polar surface area (TPSA) is 42.1 Å². The van der Waals surface area contributed by atoms with E-state index in [0.29, 0.717) is 6.04 Å². The van der Waals surface area contributed by atoms with Gasteiger partial charge in [0.05, 0.1) is 5.69 Å². The Morgan fingerprint density at radius 1 is 1.47 bits per heavy atom. The zero-order valence-corrected chi connectivity index (χ0v) is 10.1. The van der Waals surface area contributed by atoms with Crippen molar-refractivity contribution in [1.29, 1.82) is 0 Å². The molecule has 2 heterocycles. The molecule has 2 bridgehead atoms. The number of nitrogen functional groups attached to an aromatic ring is 1. The molecular formula is C11H14BrN3. The van der Waals surface area contributed by atoms with Crippen LogP contribution in [0.4, 0.5) is 11.5 Å². The van der Waals surface area contributed by atoms with Gasteiger partial charge in [-0.05, 0) is 47.2 Å². The number of nitrogens with zero attached hydrogens (tertiary/aromatic N) is 2. The number of pyridine rings is 1. The molecule has 3 nitrogen and oxygen atoms in total. The van der Waals surface area contributed by atoms with Crippen LogP contribution >= 0.6 is 15.9 Å². The van der Waals surface area contributed by atoms with Crippen molar-refractivity contribution in [3.63, 3.8) is 0 Å². The monoisotopic (exact) mass is 267 g/mol. The molecule has 1 aromatic heterocycles. The van der Waals surface area contributed by atoms with E-state index in [2.05, 4.69) is 25.8 Å². The third-order valence-corrected chi connectivity index (χ3v) is 3.98. The molecule has 0 spiro atoms. The Labute approximate surface area is 97.8 Å². The van der Waals surface area contributed by atoms with Gasteiger partial charge in [-0.15, -0.1) is 0 Å². The molecule has 2 atom stereocenters. The molecule has 15 heavy (non-hydrogen) atoms. The Hall–Kier alpha value is -0.770. The lowest BCUT2D eigenvalue weighted by atomic mass is 10.1. The summed E-state index contributed by atoms with van der Waals surface area (Å²) in [5.74, 6) is 1.85. The normalized spacial score (nSPS) is 28.7. The molecule has 1 aliphatic heterocycles. The summed E-state index contributed by atoms with van der Waals surface area (Å²) >= 11 is 3.38. The van der Waals surface area contributed by atoms with Gasteiger partial charge in [0.15, 0.2) is 5.82 Å². The highest BCUT2D eigenvalue weighted by atomic mass is 79.9. The average Bonchev–Trinajstić information content (AvgIpc) is 2.78. The lowest BCUT2D eigenvalue weighted by Crippen LogP contribution is -2.33. The van der Waals surface area contributed by atoms with Crippen molar-refractivity contribution in [2.24, 2.45) is 5.92 Å². The van der Waals surface area contributed by atoms with E-state index < -0.39 is 0 Å². The smallest absolute Gasteiger partial charge is 0.152 e. The van der Waals surface area contributed by atoms with E-state index >= 15 is 0 Å². The van der Waals surface area contributed by atoms with Crippen molar-refractivity contribution in [3.05, 3.63) is 16.7 Å². The van der Waals surface area contributed by atoms with Gasteiger partial charge in [-0.25, -0.2) is 4.98 Å². The maximum atomic E-state index is 6.00. The van der Waals surface area contributed by atoms with E-state index in [9.17, 15) is 0 Å². The van der Waals surface area contributed by atoms with Crippen LogP contribution < -0.4 is 10.6 Å². The minimum atomic E-state index is 0.686. The molecule has 0 amide bonds. The van der Waals surface area contributed by atoms with E-state index in [-0.39, 0.29) is 0 Å². The molecule has 3 rings (SSSR count). The largest absolute Gasteiger partial charge is 0.396 e.